The lowest BCUT2D eigenvalue weighted by Crippen LogP contribution is -2.22. The Balaban J connectivity index is 2.08. The predicted octanol–water partition coefficient (Wildman–Crippen LogP) is 4.07. The first-order valence-electron chi connectivity index (χ1n) is 8.72. The fourth-order valence-corrected chi connectivity index (χ4v) is 2.30. The minimum atomic E-state index is -0.291. The van der Waals surface area contributed by atoms with Gasteiger partial charge in [0.25, 0.3) is 5.91 Å². The number of nitrogens with one attached hydrogen (secondary N) is 2. The average molecular weight is 351 g/mol. The van der Waals surface area contributed by atoms with Crippen molar-refractivity contribution in [1.29, 1.82) is 0 Å². The van der Waals surface area contributed by atoms with E-state index in [2.05, 4.69) is 15.8 Å². The van der Waals surface area contributed by atoms with Crippen LogP contribution in [-0.4, -0.2) is 17.5 Å². The van der Waals surface area contributed by atoms with E-state index >= 15 is 0 Å². The SMILES string of the molecule is CC(C)C(=O)Nc1ccc(C(=O)NN=C(c2ccccc2)C(C)C)cc1. The molecule has 2 aromatic rings. The molecule has 5 nitrogen and oxygen atoms in total. The number of anilines is 1. The van der Waals surface area contributed by atoms with Gasteiger partial charge in [0.15, 0.2) is 0 Å². The Morgan fingerprint density at radius 1 is 0.808 bits per heavy atom. The standard InChI is InChI=1S/C21H25N3O2/c1-14(2)19(16-8-6-5-7-9-16)23-24-21(26)17-10-12-18(13-11-17)22-20(25)15(3)4/h5-15H,1-4H3,(H,22,25)(H,24,26). The highest BCUT2D eigenvalue weighted by Gasteiger charge is 2.11. The third-order valence-electron chi connectivity index (χ3n) is 3.83. The van der Waals surface area contributed by atoms with Crippen molar-refractivity contribution in [3.8, 4) is 0 Å². The zero-order valence-electron chi connectivity index (χ0n) is 15.6. The van der Waals surface area contributed by atoms with E-state index in [0.29, 0.717) is 11.3 Å². The lowest BCUT2D eigenvalue weighted by atomic mass is 10.0. The Morgan fingerprint density at radius 3 is 1.96 bits per heavy atom. The second-order valence-corrected chi connectivity index (χ2v) is 6.68. The number of rotatable bonds is 6. The van der Waals surface area contributed by atoms with E-state index in [1.54, 1.807) is 24.3 Å². The van der Waals surface area contributed by atoms with Crippen LogP contribution in [-0.2, 0) is 4.79 Å². The molecule has 2 rings (SSSR count). The normalized spacial score (nSPS) is 11.5. The predicted molar refractivity (Wildman–Crippen MR) is 105 cm³/mol. The summed E-state index contributed by atoms with van der Waals surface area (Å²) in [7, 11) is 0. The van der Waals surface area contributed by atoms with Gasteiger partial charge in [-0.1, -0.05) is 58.0 Å². The van der Waals surface area contributed by atoms with Crippen LogP contribution in [0.15, 0.2) is 59.7 Å². The quantitative estimate of drug-likeness (QED) is 0.608. The Hall–Kier alpha value is -2.95. The first kappa shape index (κ1) is 19.4. The first-order chi connectivity index (χ1) is 12.4. The van der Waals surface area contributed by atoms with Crippen molar-refractivity contribution in [1.82, 2.24) is 5.43 Å². The number of carbonyl (C=O) groups excluding carboxylic acids is 2. The molecular formula is C21H25N3O2. The Bertz CT molecular complexity index is 779. The van der Waals surface area contributed by atoms with Crippen LogP contribution in [0.3, 0.4) is 0 Å². The van der Waals surface area contributed by atoms with Gasteiger partial charge in [-0.25, -0.2) is 5.43 Å². The van der Waals surface area contributed by atoms with Gasteiger partial charge >= 0.3 is 0 Å². The van der Waals surface area contributed by atoms with Crippen molar-refractivity contribution in [3.05, 3.63) is 65.7 Å². The van der Waals surface area contributed by atoms with Gasteiger partial charge in [-0.15, -0.1) is 0 Å². The number of hydrogen-bond donors (Lipinski definition) is 2. The van der Waals surface area contributed by atoms with Crippen molar-refractivity contribution in [3.63, 3.8) is 0 Å². The molecule has 0 aliphatic heterocycles. The number of hydrazone groups is 1. The zero-order chi connectivity index (χ0) is 19.1. The van der Waals surface area contributed by atoms with Gasteiger partial charge in [-0.3, -0.25) is 9.59 Å². The molecule has 0 heterocycles. The second kappa shape index (κ2) is 8.94. The molecular weight excluding hydrogens is 326 g/mol. The Labute approximate surface area is 154 Å². The van der Waals surface area contributed by atoms with Crippen LogP contribution in [0, 0.1) is 11.8 Å². The minimum absolute atomic E-state index is 0.0590. The van der Waals surface area contributed by atoms with Gasteiger partial charge in [-0.2, -0.15) is 5.10 Å². The van der Waals surface area contributed by atoms with Crippen molar-refractivity contribution >= 4 is 23.2 Å². The number of carbonyl (C=O) groups is 2. The third kappa shape index (κ3) is 5.28. The molecule has 0 aliphatic carbocycles. The van der Waals surface area contributed by atoms with Gasteiger partial charge < -0.3 is 5.32 Å². The van der Waals surface area contributed by atoms with Crippen LogP contribution in [0.25, 0.3) is 0 Å². The van der Waals surface area contributed by atoms with Gasteiger partial charge in [0.2, 0.25) is 5.91 Å². The molecule has 0 aromatic heterocycles. The topological polar surface area (TPSA) is 70.6 Å². The van der Waals surface area contributed by atoms with Crippen LogP contribution in [0.1, 0.15) is 43.6 Å². The molecule has 2 N–H and O–H groups in total. The molecule has 0 aliphatic rings. The summed E-state index contributed by atoms with van der Waals surface area (Å²) in [5.74, 6) is -0.275. The summed E-state index contributed by atoms with van der Waals surface area (Å²) < 4.78 is 0. The molecule has 0 fully saturated rings. The highest BCUT2D eigenvalue weighted by Crippen LogP contribution is 2.12. The molecule has 2 amide bonds. The van der Waals surface area contributed by atoms with Crippen LogP contribution in [0.5, 0.6) is 0 Å². The summed E-state index contributed by atoms with van der Waals surface area (Å²) in [6.07, 6.45) is 0. The highest BCUT2D eigenvalue weighted by molar-refractivity contribution is 6.03. The molecule has 5 heteroatoms. The highest BCUT2D eigenvalue weighted by atomic mass is 16.2. The van der Waals surface area contributed by atoms with Crippen LogP contribution in [0.4, 0.5) is 5.69 Å². The summed E-state index contributed by atoms with van der Waals surface area (Å²) in [4.78, 5) is 24.0. The summed E-state index contributed by atoms with van der Waals surface area (Å²) >= 11 is 0. The molecule has 0 radical (unpaired) electrons. The maximum absolute atomic E-state index is 12.3. The van der Waals surface area contributed by atoms with Crippen LogP contribution >= 0.6 is 0 Å². The fourth-order valence-electron chi connectivity index (χ4n) is 2.30. The van der Waals surface area contributed by atoms with Crippen LogP contribution in [0.2, 0.25) is 0 Å². The third-order valence-corrected chi connectivity index (χ3v) is 3.83. The van der Waals surface area contributed by atoms with Gasteiger partial charge in [-0.05, 0) is 35.7 Å². The van der Waals surface area contributed by atoms with E-state index in [1.165, 1.54) is 0 Å². The molecule has 26 heavy (non-hydrogen) atoms. The van der Waals surface area contributed by atoms with Crippen LogP contribution < -0.4 is 10.7 Å². The monoisotopic (exact) mass is 351 g/mol. The van der Waals surface area contributed by atoms with E-state index in [4.69, 9.17) is 0 Å². The lowest BCUT2D eigenvalue weighted by Gasteiger charge is -2.11. The number of benzene rings is 2. The van der Waals surface area contributed by atoms with Gasteiger partial charge in [0, 0.05) is 17.2 Å². The van der Waals surface area contributed by atoms with Crippen molar-refractivity contribution in [2.24, 2.45) is 16.9 Å². The molecule has 2 aromatic carbocycles. The van der Waals surface area contributed by atoms with E-state index in [-0.39, 0.29) is 23.7 Å². The summed E-state index contributed by atoms with van der Waals surface area (Å²) in [5, 5.41) is 7.11. The minimum Gasteiger partial charge on any atom is -0.326 e. The molecule has 0 saturated heterocycles. The summed E-state index contributed by atoms with van der Waals surface area (Å²) in [5.41, 5.74) is 5.56. The van der Waals surface area contributed by atoms with E-state index < -0.39 is 0 Å². The second-order valence-electron chi connectivity index (χ2n) is 6.68. The van der Waals surface area contributed by atoms with Crippen molar-refractivity contribution < 1.29 is 9.59 Å². The molecule has 0 atom stereocenters. The van der Waals surface area contributed by atoms with Crippen molar-refractivity contribution in [2.75, 3.05) is 5.32 Å². The van der Waals surface area contributed by atoms with Gasteiger partial charge in [0.1, 0.15) is 0 Å². The van der Waals surface area contributed by atoms with Gasteiger partial charge in [0.05, 0.1) is 5.71 Å². The summed E-state index contributed by atoms with van der Waals surface area (Å²) in [6, 6.07) is 16.5. The maximum Gasteiger partial charge on any atom is 0.271 e. The maximum atomic E-state index is 12.3. The smallest absolute Gasteiger partial charge is 0.271 e. The largest absolute Gasteiger partial charge is 0.326 e. The Kier molecular flexibility index (Phi) is 6.67. The van der Waals surface area contributed by atoms with E-state index in [1.807, 2.05) is 58.0 Å². The summed E-state index contributed by atoms with van der Waals surface area (Å²) in [6.45, 7) is 7.72. The van der Waals surface area contributed by atoms with Crippen molar-refractivity contribution in [2.45, 2.75) is 27.7 Å². The molecule has 0 saturated carbocycles. The number of hydrogen-bond acceptors (Lipinski definition) is 3. The Morgan fingerprint density at radius 2 is 1.42 bits per heavy atom. The molecule has 0 spiro atoms. The molecule has 0 bridgehead atoms. The average Bonchev–Trinajstić information content (AvgIpc) is 2.62. The lowest BCUT2D eigenvalue weighted by molar-refractivity contribution is -0.118. The molecule has 0 unspecified atom stereocenters. The first-order valence-corrected chi connectivity index (χ1v) is 8.72. The zero-order valence-corrected chi connectivity index (χ0v) is 15.6. The van der Waals surface area contributed by atoms with E-state index in [9.17, 15) is 9.59 Å². The number of amides is 2. The molecule has 136 valence electrons. The van der Waals surface area contributed by atoms with E-state index in [0.717, 1.165) is 11.3 Å². The number of nitrogens with zero attached hydrogens (tertiary/aromatic N) is 1. The fraction of sp³-hybridized carbons (Fsp3) is 0.286.